The molecule has 1 fully saturated rings. The van der Waals surface area contributed by atoms with Gasteiger partial charge in [-0.15, -0.1) is 0 Å². The number of piperazine rings is 1. The number of carboxylic acids is 1. The van der Waals surface area contributed by atoms with Crippen LogP contribution < -0.4 is 5.32 Å². The summed E-state index contributed by atoms with van der Waals surface area (Å²) in [6, 6.07) is -0.651. The van der Waals surface area contributed by atoms with Crippen LogP contribution in [-0.4, -0.2) is 46.5 Å². The van der Waals surface area contributed by atoms with Gasteiger partial charge >= 0.3 is 5.97 Å². The molecule has 0 aromatic carbocycles. The largest absolute Gasteiger partial charge is 0.480 e. The van der Waals surface area contributed by atoms with Gasteiger partial charge in [-0.25, -0.2) is 0 Å². The van der Waals surface area contributed by atoms with Crippen LogP contribution in [0.25, 0.3) is 0 Å². The Morgan fingerprint density at radius 2 is 2.36 bits per heavy atom. The van der Waals surface area contributed by atoms with Gasteiger partial charge in [-0.05, 0) is 6.92 Å². The predicted octanol–water partition coefficient (Wildman–Crippen LogP) is -0.877. The third-order valence-electron chi connectivity index (χ3n) is 1.84. The highest BCUT2D eigenvalue weighted by Gasteiger charge is 2.27. The van der Waals surface area contributed by atoms with Crippen molar-refractivity contribution in [3.63, 3.8) is 0 Å². The van der Waals surface area contributed by atoms with Gasteiger partial charge in [0.15, 0.2) is 0 Å². The number of hydroxylamine groups is 2. The lowest BCUT2D eigenvalue weighted by Crippen LogP contribution is -2.56. The molecule has 0 saturated carbocycles. The average Bonchev–Trinajstić information content (AvgIpc) is 1.94. The Morgan fingerprint density at radius 3 is 2.82 bits per heavy atom. The standard InChI is InChI=1S/C6H12N2O3/c1-4-2-7-5(6(9)10)3-8(4)11/h4-5,7,11H,2-3H2,1H3,(H,9,10). The fraction of sp³-hybridized carbons (Fsp3) is 0.833. The van der Waals surface area contributed by atoms with E-state index in [-0.39, 0.29) is 12.6 Å². The number of aliphatic carboxylic acids is 1. The number of carbonyl (C=O) groups is 1. The van der Waals surface area contributed by atoms with E-state index in [1.54, 1.807) is 0 Å². The lowest BCUT2D eigenvalue weighted by molar-refractivity contribution is -0.160. The molecule has 1 aliphatic heterocycles. The molecule has 1 aliphatic rings. The number of nitrogens with one attached hydrogen (secondary N) is 1. The Hall–Kier alpha value is -0.650. The number of carboxylic acid groups (broad SMARTS) is 1. The van der Waals surface area contributed by atoms with Crippen LogP contribution in [0.2, 0.25) is 0 Å². The fourth-order valence-electron chi connectivity index (χ4n) is 1.02. The summed E-state index contributed by atoms with van der Waals surface area (Å²) < 4.78 is 0. The van der Waals surface area contributed by atoms with Crippen molar-refractivity contribution in [3.05, 3.63) is 0 Å². The highest BCUT2D eigenvalue weighted by molar-refractivity contribution is 5.73. The molecule has 3 N–H and O–H groups in total. The second-order valence-electron chi connectivity index (χ2n) is 2.77. The third-order valence-corrected chi connectivity index (χ3v) is 1.84. The first kappa shape index (κ1) is 8.45. The Balaban J connectivity index is 2.46. The molecule has 0 aliphatic carbocycles. The van der Waals surface area contributed by atoms with Crippen LogP contribution in [-0.2, 0) is 4.79 Å². The van der Waals surface area contributed by atoms with Gasteiger partial charge in [0.25, 0.3) is 0 Å². The van der Waals surface area contributed by atoms with E-state index in [0.717, 1.165) is 5.06 Å². The average molecular weight is 160 g/mol. The molecule has 1 rings (SSSR count). The maximum atomic E-state index is 10.4. The minimum absolute atomic E-state index is 0.00870. The van der Waals surface area contributed by atoms with Crippen LogP contribution in [0, 0.1) is 0 Å². The molecule has 0 amide bonds. The summed E-state index contributed by atoms with van der Waals surface area (Å²) >= 11 is 0. The summed E-state index contributed by atoms with van der Waals surface area (Å²) in [7, 11) is 0. The second kappa shape index (κ2) is 3.17. The maximum Gasteiger partial charge on any atom is 0.322 e. The van der Waals surface area contributed by atoms with Gasteiger partial charge in [0.2, 0.25) is 0 Å². The third kappa shape index (κ3) is 1.89. The van der Waals surface area contributed by atoms with Crippen molar-refractivity contribution in [2.45, 2.75) is 19.0 Å². The summed E-state index contributed by atoms with van der Waals surface area (Å²) in [5.74, 6) is -0.920. The van der Waals surface area contributed by atoms with Crippen molar-refractivity contribution in [2.24, 2.45) is 0 Å². The zero-order valence-electron chi connectivity index (χ0n) is 6.32. The highest BCUT2D eigenvalue weighted by Crippen LogP contribution is 2.02. The molecular weight excluding hydrogens is 148 g/mol. The van der Waals surface area contributed by atoms with Crippen LogP contribution in [0.5, 0.6) is 0 Å². The van der Waals surface area contributed by atoms with Crippen molar-refractivity contribution in [2.75, 3.05) is 13.1 Å². The Labute approximate surface area is 64.6 Å². The first-order chi connectivity index (χ1) is 5.11. The summed E-state index contributed by atoms with van der Waals surface area (Å²) in [4.78, 5) is 10.4. The quantitative estimate of drug-likeness (QED) is 0.464. The summed E-state index contributed by atoms with van der Waals surface area (Å²) in [6.45, 7) is 2.48. The van der Waals surface area contributed by atoms with E-state index in [9.17, 15) is 4.79 Å². The Bertz CT molecular complexity index is 162. The number of hydrogen-bond acceptors (Lipinski definition) is 4. The predicted molar refractivity (Wildman–Crippen MR) is 37.4 cm³/mol. The van der Waals surface area contributed by atoms with Gasteiger partial charge in [0, 0.05) is 12.6 Å². The van der Waals surface area contributed by atoms with E-state index in [1.165, 1.54) is 0 Å². The van der Waals surface area contributed by atoms with E-state index < -0.39 is 12.0 Å². The summed E-state index contributed by atoms with van der Waals surface area (Å²) in [6.07, 6.45) is 0. The number of nitrogens with zero attached hydrogens (tertiary/aromatic N) is 1. The molecule has 5 nitrogen and oxygen atoms in total. The molecule has 5 heteroatoms. The monoisotopic (exact) mass is 160 g/mol. The van der Waals surface area contributed by atoms with Gasteiger partial charge in [-0.1, -0.05) is 0 Å². The normalized spacial score (nSPS) is 33.6. The van der Waals surface area contributed by atoms with Gasteiger partial charge < -0.3 is 15.6 Å². The summed E-state index contributed by atoms with van der Waals surface area (Å²) in [5, 5.41) is 21.5. The zero-order valence-corrected chi connectivity index (χ0v) is 6.32. The van der Waals surface area contributed by atoms with Crippen molar-refractivity contribution < 1.29 is 15.1 Å². The van der Waals surface area contributed by atoms with Gasteiger partial charge in [-0.2, -0.15) is 5.06 Å². The van der Waals surface area contributed by atoms with Crippen molar-refractivity contribution >= 4 is 5.97 Å². The molecule has 0 aromatic heterocycles. The molecule has 0 spiro atoms. The van der Waals surface area contributed by atoms with E-state index in [1.807, 2.05) is 6.92 Å². The van der Waals surface area contributed by atoms with E-state index in [4.69, 9.17) is 10.3 Å². The molecule has 1 heterocycles. The van der Waals surface area contributed by atoms with Gasteiger partial charge in [0.05, 0.1) is 6.54 Å². The summed E-state index contributed by atoms with van der Waals surface area (Å²) in [5.41, 5.74) is 0. The van der Waals surface area contributed by atoms with Crippen molar-refractivity contribution in [1.82, 2.24) is 10.4 Å². The first-order valence-corrected chi connectivity index (χ1v) is 3.53. The molecule has 0 aromatic rings. The molecular formula is C6H12N2O3. The Morgan fingerprint density at radius 1 is 1.73 bits per heavy atom. The number of rotatable bonds is 1. The van der Waals surface area contributed by atoms with E-state index in [2.05, 4.69) is 5.32 Å². The molecule has 0 bridgehead atoms. The smallest absolute Gasteiger partial charge is 0.322 e. The van der Waals surface area contributed by atoms with Crippen LogP contribution >= 0.6 is 0 Å². The lowest BCUT2D eigenvalue weighted by Gasteiger charge is -2.32. The molecule has 0 radical (unpaired) electrons. The van der Waals surface area contributed by atoms with Crippen molar-refractivity contribution in [3.8, 4) is 0 Å². The second-order valence-corrected chi connectivity index (χ2v) is 2.77. The highest BCUT2D eigenvalue weighted by atomic mass is 16.5. The van der Waals surface area contributed by atoms with Crippen LogP contribution in [0.3, 0.4) is 0 Å². The minimum Gasteiger partial charge on any atom is -0.480 e. The molecule has 2 unspecified atom stereocenters. The minimum atomic E-state index is -0.920. The molecule has 2 atom stereocenters. The van der Waals surface area contributed by atoms with E-state index >= 15 is 0 Å². The lowest BCUT2D eigenvalue weighted by atomic mass is 10.2. The zero-order chi connectivity index (χ0) is 8.43. The van der Waals surface area contributed by atoms with Gasteiger partial charge in [-0.3, -0.25) is 4.79 Å². The SMILES string of the molecule is CC1CNC(C(=O)O)CN1O. The maximum absolute atomic E-state index is 10.4. The molecule has 1 saturated heterocycles. The Kier molecular flexibility index (Phi) is 2.43. The van der Waals surface area contributed by atoms with Crippen LogP contribution in [0.15, 0.2) is 0 Å². The van der Waals surface area contributed by atoms with Crippen LogP contribution in [0.4, 0.5) is 0 Å². The van der Waals surface area contributed by atoms with Crippen LogP contribution in [0.1, 0.15) is 6.92 Å². The fourth-order valence-corrected chi connectivity index (χ4v) is 1.02. The first-order valence-electron chi connectivity index (χ1n) is 3.53. The molecule has 64 valence electrons. The topological polar surface area (TPSA) is 72.8 Å². The van der Waals surface area contributed by atoms with E-state index in [0.29, 0.717) is 6.54 Å². The molecule has 11 heavy (non-hydrogen) atoms. The van der Waals surface area contributed by atoms with Crippen molar-refractivity contribution in [1.29, 1.82) is 0 Å². The number of hydrogen-bond donors (Lipinski definition) is 3. The van der Waals surface area contributed by atoms with Gasteiger partial charge in [0.1, 0.15) is 6.04 Å².